The number of hydrogen-bond donors (Lipinski definition) is 2. The molecule has 0 aliphatic heterocycles. The summed E-state index contributed by atoms with van der Waals surface area (Å²) in [6.07, 6.45) is 0.332. The lowest BCUT2D eigenvalue weighted by Crippen LogP contribution is -2.44. The fraction of sp³-hybridized carbons (Fsp3) is 0.385. The molecule has 0 unspecified atom stereocenters. The van der Waals surface area contributed by atoms with Crippen LogP contribution in [-0.2, 0) is 20.7 Å². The van der Waals surface area contributed by atoms with Crippen LogP contribution in [0.1, 0.15) is 11.1 Å². The number of carbonyl (C=O) groups is 2. The average Bonchev–Trinajstić information content (AvgIpc) is 2.39. The minimum Gasteiger partial charge on any atom is -0.467 e. The van der Waals surface area contributed by atoms with E-state index >= 15 is 0 Å². The van der Waals surface area contributed by atoms with Gasteiger partial charge in [0.25, 0.3) is 0 Å². The molecule has 1 atom stereocenters. The van der Waals surface area contributed by atoms with Crippen molar-refractivity contribution in [3.63, 3.8) is 0 Å². The number of ether oxygens (including phenoxy) is 1. The van der Waals surface area contributed by atoms with Crippen LogP contribution in [0.15, 0.2) is 24.3 Å². The first-order chi connectivity index (χ1) is 8.56. The molecule has 0 aliphatic rings. The number of aliphatic hydroxyl groups is 1. The van der Waals surface area contributed by atoms with Gasteiger partial charge in [0.2, 0.25) is 5.91 Å². The summed E-state index contributed by atoms with van der Waals surface area (Å²) in [7, 11) is 1.26. The van der Waals surface area contributed by atoms with E-state index in [2.05, 4.69) is 10.1 Å². The molecule has 2 N–H and O–H groups in total. The highest BCUT2D eigenvalue weighted by Gasteiger charge is 2.21. The van der Waals surface area contributed by atoms with Crippen molar-refractivity contribution in [2.75, 3.05) is 13.7 Å². The van der Waals surface area contributed by atoms with Crippen molar-refractivity contribution in [3.05, 3.63) is 35.4 Å². The maximum Gasteiger partial charge on any atom is 0.328 e. The van der Waals surface area contributed by atoms with Crippen LogP contribution in [0.25, 0.3) is 0 Å². The predicted molar refractivity (Wildman–Crippen MR) is 65.9 cm³/mol. The van der Waals surface area contributed by atoms with Gasteiger partial charge in [-0.25, -0.2) is 4.79 Å². The minimum atomic E-state index is -0.780. The van der Waals surface area contributed by atoms with E-state index in [0.29, 0.717) is 6.42 Å². The molecule has 1 aromatic carbocycles. The zero-order chi connectivity index (χ0) is 13.5. The first kappa shape index (κ1) is 14.2. The van der Waals surface area contributed by atoms with Crippen LogP contribution in [0.2, 0.25) is 0 Å². The third-order valence-electron chi connectivity index (χ3n) is 2.52. The van der Waals surface area contributed by atoms with Gasteiger partial charge in [-0.1, -0.05) is 29.8 Å². The van der Waals surface area contributed by atoms with Crippen molar-refractivity contribution < 1.29 is 19.4 Å². The van der Waals surface area contributed by atoms with Crippen LogP contribution in [0.5, 0.6) is 0 Å². The fourth-order valence-electron chi connectivity index (χ4n) is 1.54. The summed E-state index contributed by atoms with van der Waals surface area (Å²) in [6, 6.07) is 6.85. The van der Waals surface area contributed by atoms with Crippen LogP contribution < -0.4 is 5.32 Å². The zero-order valence-corrected chi connectivity index (χ0v) is 10.5. The van der Waals surface area contributed by atoms with Gasteiger partial charge in [-0.15, -0.1) is 0 Å². The summed E-state index contributed by atoms with van der Waals surface area (Å²) in [5.74, 6) is -1.13. The molecule has 0 saturated carbocycles. The Balaban J connectivity index is 2.74. The molecular weight excluding hydrogens is 234 g/mol. The number of carbonyl (C=O) groups excluding carboxylic acids is 2. The Kier molecular flexibility index (Phi) is 5.32. The van der Waals surface area contributed by atoms with Crippen LogP contribution in [0.3, 0.4) is 0 Å². The van der Waals surface area contributed by atoms with E-state index in [-0.39, 0.29) is 0 Å². The molecule has 0 spiro atoms. The maximum atomic E-state index is 11.5. The summed E-state index contributed by atoms with van der Waals surface area (Å²) in [4.78, 5) is 22.6. The van der Waals surface area contributed by atoms with E-state index in [9.17, 15) is 9.59 Å². The molecule has 1 aromatic rings. The number of amides is 1. The molecular formula is C13H17NO4. The third-order valence-corrected chi connectivity index (χ3v) is 2.52. The number of hydrogen-bond acceptors (Lipinski definition) is 4. The van der Waals surface area contributed by atoms with Gasteiger partial charge in [0, 0.05) is 6.42 Å². The summed E-state index contributed by atoms with van der Waals surface area (Å²) in [6.45, 7) is 1.32. The van der Waals surface area contributed by atoms with Crippen molar-refractivity contribution in [2.45, 2.75) is 19.4 Å². The lowest BCUT2D eigenvalue weighted by atomic mass is 10.0. The van der Waals surface area contributed by atoms with Crippen molar-refractivity contribution in [1.29, 1.82) is 0 Å². The quantitative estimate of drug-likeness (QED) is 0.732. The standard InChI is InChI=1S/C13H17NO4/c1-9-3-5-10(6-4-9)7-11(13(17)18-2)14-12(16)8-15/h3-6,11,15H,7-8H2,1-2H3,(H,14,16)/t11-/m1/s1. The summed E-state index contributed by atoms with van der Waals surface area (Å²) in [5.41, 5.74) is 2.03. The van der Waals surface area contributed by atoms with Crippen LogP contribution in [0.4, 0.5) is 0 Å². The van der Waals surface area contributed by atoms with E-state index < -0.39 is 24.5 Å². The molecule has 0 saturated heterocycles. The lowest BCUT2D eigenvalue weighted by Gasteiger charge is -2.16. The van der Waals surface area contributed by atoms with Crippen molar-refractivity contribution in [3.8, 4) is 0 Å². The number of esters is 1. The van der Waals surface area contributed by atoms with Crippen molar-refractivity contribution in [1.82, 2.24) is 5.32 Å². The van der Waals surface area contributed by atoms with E-state index in [1.165, 1.54) is 7.11 Å². The molecule has 5 nitrogen and oxygen atoms in total. The molecule has 1 rings (SSSR count). The molecule has 0 aromatic heterocycles. The first-order valence-corrected chi connectivity index (χ1v) is 5.60. The second-order valence-corrected chi connectivity index (χ2v) is 3.99. The first-order valence-electron chi connectivity index (χ1n) is 5.60. The Morgan fingerprint density at radius 1 is 1.33 bits per heavy atom. The average molecular weight is 251 g/mol. The van der Waals surface area contributed by atoms with Crippen LogP contribution >= 0.6 is 0 Å². The fourth-order valence-corrected chi connectivity index (χ4v) is 1.54. The minimum absolute atomic E-state index is 0.332. The second-order valence-electron chi connectivity index (χ2n) is 3.99. The lowest BCUT2D eigenvalue weighted by molar-refractivity contribution is -0.145. The highest BCUT2D eigenvalue weighted by atomic mass is 16.5. The van der Waals surface area contributed by atoms with Crippen LogP contribution in [0, 0.1) is 6.92 Å². The normalized spacial score (nSPS) is 11.7. The summed E-state index contributed by atoms with van der Waals surface area (Å²) < 4.78 is 4.62. The number of rotatable bonds is 5. The topological polar surface area (TPSA) is 75.6 Å². The van der Waals surface area contributed by atoms with Gasteiger partial charge >= 0.3 is 5.97 Å². The number of methoxy groups -OCH3 is 1. The van der Waals surface area contributed by atoms with Gasteiger partial charge in [-0.05, 0) is 12.5 Å². The predicted octanol–water partition coefficient (Wildman–Crippen LogP) is 0.188. The molecule has 0 bridgehead atoms. The van der Waals surface area contributed by atoms with E-state index in [1.807, 2.05) is 31.2 Å². The Bertz CT molecular complexity index is 414. The number of aliphatic hydroxyl groups excluding tert-OH is 1. The van der Waals surface area contributed by atoms with E-state index in [0.717, 1.165) is 11.1 Å². The van der Waals surface area contributed by atoms with Crippen molar-refractivity contribution >= 4 is 11.9 Å². The Morgan fingerprint density at radius 3 is 2.44 bits per heavy atom. The molecule has 0 aliphatic carbocycles. The highest BCUT2D eigenvalue weighted by Crippen LogP contribution is 2.07. The van der Waals surface area contributed by atoms with E-state index in [4.69, 9.17) is 5.11 Å². The molecule has 1 amide bonds. The van der Waals surface area contributed by atoms with Gasteiger partial charge in [-0.2, -0.15) is 0 Å². The molecule has 0 heterocycles. The molecule has 0 radical (unpaired) electrons. The highest BCUT2D eigenvalue weighted by molar-refractivity contribution is 5.85. The molecule has 0 fully saturated rings. The third kappa shape index (κ3) is 4.18. The summed E-state index contributed by atoms with van der Waals surface area (Å²) in [5, 5.41) is 11.1. The molecule has 5 heteroatoms. The zero-order valence-electron chi connectivity index (χ0n) is 10.5. The number of aryl methyl sites for hydroxylation is 1. The number of benzene rings is 1. The Morgan fingerprint density at radius 2 is 1.94 bits per heavy atom. The van der Waals surface area contributed by atoms with Gasteiger partial charge in [0.1, 0.15) is 12.6 Å². The van der Waals surface area contributed by atoms with Gasteiger partial charge < -0.3 is 15.2 Å². The molecule has 98 valence electrons. The Hall–Kier alpha value is -1.88. The van der Waals surface area contributed by atoms with E-state index in [1.54, 1.807) is 0 Å². The largest absolute Gasteiger partial charge is 0.467 e. The van der Waals surface area contributed by atoms with Gasteiger partial charge in [0.05, 0.1) is 7.11 Å². The summed E-state index contributed by atoms with van der Waals surface area (Å²) >= 11 is 0. The number of nitrogens with one attached hydrogen (secondary N) is 1. The smallest absolute Gasteiger partial charge is 0.328 e. The second kappa shape index (κ2) is 6.76. The Labute approximate surface area is 106 Å². The van der Waals surface area contributed by atoms with Gasteiger partial charge in [0.15, 0.2) is 0 Å². The van der Waals surface area contributed by atoms with Crippen molar-refractivity contribution in [2.24, 2.45) is 0 Å². The van der Waals surface area contributed by atoms with Crippen LogP contribution in [-0.4, -0.2) is 36.7 Å². The molecule has 18 heavy (non-hydrogen) atoms. The maximum absolute atomic E-state index is 11.5. The SMILES string of the molecule is COC(=O)[C@@H](Cc1ccc(C)cc1)NC(=O)CO. The van der Waals surface area contributed by atoms with Gasteiger partial charge in [-0.3, -0.25) is 4.79 Å². The monoisotopic (exact) mass is 251 g/mol.